The van der Waals surface area contributed by atoms with Crippen LogP contribution in [0.1, 0.15) is 48.0 Å². The fourth-order valence-corrected chi connectivity index (χ4v) is 1.92. The average molecular weight is 224 g/mol. The van der Waals surface area contributed by atoms with E-state index in [1.54, 1.807) is 6.92 Å². The van der Waals surface area contributed by atoms with Gasteiger partial charge in [-0.05, 0) is 24.2 Å². The summed E-state index contributed by atoms with van der Waals surface area (Å²) in [5.74, 6) is 0.202. The van der Waals surface area contributed by atoms with E-state index in [-0.39, 0.29) is 11.8 Å². The van der Waals surface area contributed by atoms with Crippen LogP contribution < -0.4 is 0 Å². The molecule has 3 heteroatoms. The van der Waals surface area contributed by atoms with Crippen molar-refractivity contribution in [3.05, 3.63) is 0 Å². The molecule has 0 saturated carbocycles. The van der Waals surface area contributed by atoms with Crippen LogP contribution in [0.4, 0.5) is 13.2 Å². The lowest BCUT2D eigenvalue weighted by Gasteiger charge is -2.38. The molecule has 0 nitrogen and oxygen atoms in total. The molecule has 0 unspecified atom stereocenters. The van der Waals surface area contributed by atoms with Gasteiger partial charge in [0.15, 0.2) is 0 Å². The predicted octanol–water partition coefficient (Wildman–Crippen LogP) is 4.89. The van der Waals surface area contributed by atoms with Gasteiger partial charge in [0.05, 0.1) is 5.41 Å². The minimum atomic E-state index is -4.11. The lowest BCUT2D eigenvalue weighted by Crippen LogP contribution is -2.40. The zero-order chi connectivity index (χ0) is 12.4. The van der Waals surface area contributed by atoms with Gasteiger partial charge in [-0.2, -0.15) is 13.2 Å². The Morgan fingerprint density at radius 1 is 0.933 bits per heavy atom. The van der Waals surface area contributed by atoms with Crippen molar-refractivity contribution in [2.24, 2.45) is 23.2 Å². The van der Waals surface area contributed by atoms with E-state index in [2.05, 4.69) is 0 Å². The molecule has 0 bridgehead atoms. The second-order valence-corrected chi connectivity index (χ2v) is 5.61. The predicted molar refractivity (Wildman–Crippen MR) is 57.6 cm³/mol. The molecule has 0 aliphatic rings. The Kier molecular flexibility index (Phi) is 4.68. The standard InChI is InChI=1S/C12H23F3/c1-8(2)7-9(3)10(4)11(5,6)12(13,14)15/h8-10H,7H2,1-6H3/t9-,10-/m0/s1. The van der Waals surface area contributed by atoms with Crippen LogP contribution in [-0.2, 0) is 0 Å². The first-order valence-corrected chi connectivity index (χ1v) is 5.56. The summed E-state index contributed by atoms with van der Waals surface area (Å²) in [6.07, 6.45) is -3.27. The molecule has 92 valence electrons. The van der Waals surface area contributed by atoms with Gasteiger partial charge >= 0.3 is 6.18 Å². The van der Waals surface area contributed by atoms with E-state index in [9.17, 15) is 13.2 Å². The largest absolute Gasteiger partial charge is 0.394 e. The van der Waals surface area contributed by atoms with Gasteiger partial charge in [0.2, 0.25) is 0 Å². The maximum Gasteiger partial charge on any atom is 0.394 e. The highest BCUT2D eigenvalue weighted by Crippen LogP contribution is 2.47. The molecule has 2 atom stereocenters. The first kappa shape index (κ1) is 14.8. The molecule has 0 aromatic heterocycles. The van der Waals surface area contributed by atoms with Crippen LogP contribution >= 0.6 is 0 Å². The van der Waals surface area contributed by atoms with Crippen LogP contribution in [0.15, 0.2) is 0 Å². The first-order chi connectivity index (χ1) is 6.50. The zero-order valence-electron chi connectivity index (χ0n) is 10.6. The smallest absolute Gasteiger partial charge is 0.171 e. The average Bonchev–Trinajstić information content (AvgIpc) is 1.99. The lowest BCUT2D eigenvalue weighted by molar-refractivity contribution is -0.233. The molecule has 0 amide bonds. The van der Waals surface area contributed by atoms with E-state index in [1.165, 1.54) is 13.8 Å². The van der Waals surface area contributed by atoms with Crippen LogP contribution in [-0.4, -0.2) is 6.18 Å². The molecule has 15 heavy (non-hydrogen) atoms. The third kappa shape index (κ3) is 3.69. The molecular formula is C12H23F3. The van der Waals surface area contributed by atoms with Gasteiger partial charge in [0.1, 0.15) is 0 Å². The second-order valence-electron chi connectivity index (χ2n) is 5.61. The van der Waals surface area contributed by atoms with Crippen molar-refractivity contribution in [1.82, 2.24) is 0 Å². The summed E-state index contributed by atoms with van der Waals surface area (Å²) in [5.41, 5.74) is -1.60. The Hall–Kier alpha value is -0.210. The zero-order valence-corrected chi connectivity index (χ0v) is 10.6. The van der Waals surface area contributed by atoms with E-state index in [1.807, 2.05) is 20.8 Å². The molecule has 0 aromatic carbocycles. The SMILES string of the molecule is CC(C)C[C@H](C)[C@H](C)C(C)(C)C(F)(F)F. The molecule has 0 aromatic rings. The van der Waals surface area contributed by atoms with Gasteiger partial charge in [-0.25, -0.2) is 0 Å². The van der Waals surface area contributed by atoms with Crippen LogP contribution in [0.3, 0.4) is 0 Å². The molecule has 0 N–H and O–H groups in total. The van der Waals surface area contributed by atoms with Crippen molar-refractivity contribution in [2.75, 3.05) is 0 Å². The van der Waals surface area contributed by atoms with Gasteiger partial charge in [-0.1, -0.05) is 41.5 Å². The fraction of sp³-hybridized carbons (Fsp3) is 1.00. The van der Waals surface area contributed by atoms with E-state index in [4.69, 9.17) is 0 Å². The summed E-state index contributed by atoms with van der Waals surface area (Å²) >= 11 is 0. The van der Waals surface area contributed by atoms with Crippen LogP contribution in [0, 0.1) is 23.2 Å². The normalized spacial score (nSPS) is 18.0. The number of rotatable bonds is 4. The third-order valence-electron chi connectivity index (χ3n) is 3.57. The van der Waals surface area contributed by atoms with Crippen molar-refractivity contribution in [2.45, 2.75) is 54.1 Å². The molecule has 0 radical (unpaired) electrons. The third-order valence-corrected chi connectivity index (χ3v) is 3.57. The molecule has 0 fully saturated rings. The van der Waals surface area contributed by atoms with Crippen LogP contribution in [0.25, 0.3) is 0 Å². The fourth-order valence-electron chi connectivity index (χ4n) is 1.92. The van der Waals surface area contributed by atoms with E-state index in [0.29, 0.717) is 5.92 Å². The second kappa shape index (κ2) is 4.75. The van der Waals surface area contributed by atoms with E-state index >= 15 is 0 Å². The highest BCUT2D eigenvalue weighted by molar-refractivity contribution is 4.85. The van der Waals surface area contributed by atoms with Crippen molar-refractivity contribution < 1.29 is 13.2 Å². The summed E-state index contributed by atoms with van der Waals surface area (Å²) < 4.78 is 38.3. The first-order valence-electron chi connectivity index (χ1n) is 5.56. The van der Waals surface area contributed by atoms with E-state index in [0.717, 1.165) is 6.42 Å². The quantitative estimate of drug-likeness (QED) is 0.637. The Morgan fingerprint density at radius 3 is 1.60 bits per heavy atom. The molecule has 0 aliphatic heterocycles. The van der Waals surface area contributed by atoms with Crippen LogP contribution in [0.2, 0.25) is 0 Å². The summed E-state index contributed by atoms with van der Waals surface area (Å²) in [6.45, 7) is 10.3. The summed E-state index contributed by atoms with van der Waals surface area (Å²) in [7, 11) is 0. The molecule has 0 saturated heterocycles. The topological polar surface area (TPSA) is 0 Å². The minimum Gasteiger partial charge on any atom is -0.171 e. The number of hydrogen-bond donors (Lipinski definition) is 0. The van der Waals surface area contributed by atoms with Gasteiger partial charge in [-0.15, -0.1) is 0 Å². The lowest BCUT2D eigenvalue weighted by atomic mass is 9.71. The number of halogens is 3. The van der Waals surface area contributed by atoms with Gasteiger partial charge in [0, 0.05) is 0 Å². The molecule has 0 rings (SSSR count). The Bertz CT molecular complexity index is 192. The molecule has 0 heterocycles. The highest BCUT2D eigenvalue weighted by atomic mass is 19.4. The van der Waals surface area contributed by atoms with Crippen molar-refractivity contribution >= 4 is 0 Å². The summed E-state index contributed by atoms with van der Waals surface area (Å²) in [5, 5.41) is 0. The Labute approximate surface area is 91.3 Å². The van der Waals surface area contributed by atoms with Crippen molar-refractivity contribution in [1.29, 1.82) is 0 Å². The molecule has 0 spiro atoms. The van der Waals surface area contributed by atoms with Gasteiger partial charge < -0.3 is 0 Å². The van der Waals surface area contributed by atoms with Crippen molar-refractivity contribution in [3.8, 4) is 0 Å². The monoisotopic (exact) mass is 224 g/mol. The number of alkyl halides is 3. The van der Waals surface area contributed by atoms with Crippen molar-refractivity contribution in [3.63, 3.8) is 0 Å². The molecule has 0 aliphatic carbocycles. The highest BCUT2D eigenvalue weighted by Gasteiger charge is 2.51. The minimum absolute atomic E-state index is 0.0987. The Balaban J connectivity index is 4.62. The van der Waals surface area contributed by atoms with Gasteiger partial charge in [-0.3, -0.25) is 0 Å². The van der Waals surface area contributed by atoms with E-state index < -0.39 is 11.6 Å². The summed E-state index contributed by atoms with van der Waals surface area (Å²) in [4.78, 5) is 0. The summed E-state index contributed by atoms with van der Waals surface area (Å²) in [6, 6.07) is 0. The molecular weight excluding hydrogens is 201 g/mol. The van der Waals surface area contributed by atoms with Crippen LogP contribution in [0.5, 0.6) is 0 Å². The van der Waals surface area contributed by atoms with Gasteiger partial charge in [0.25, 0.3) is 0 Å². The maximum atomic E-state index is 12.8. The maximum absolute atomic E-state index is 12.8. The number of hydrogen-bond acceptors (Lipinski definition) is 0. The Morgan fingerprint density at radius 2 is 1.33 bits per heavy atom.